The molecule has 3 nitrogen and oxygen atoms in total. The van der Waals surface area contributed by atoms with Crippen molar-refractivity contribution in [2.75, 3.05) is 0 Å². The fourth-order valence-electron chi connectivity index (χ4n) is 1.97. The molecule has 0 atom stereocenters. The molecule has 0 saturated carbocycles. The average molecular weight is 321 g/mol. The van der Waals surface area contributed by atoms with E-state index in [9.17, 15) is 4.79 Å². The quantitative estimate of drug-likeness (QED) is 0.785. The summed E-state index contributed by atoms with van der Waals surface area (Å²) in [5.74, 6) is 0. The minimum atomic E-state index is 0.122. The maximum absolute atomic E-state index is 11.2. The Labute approximate surface area is 121 Å². The third-order valence-corrected chi connectivity index (χ3v) is 4.09. The molecule has 0 spiro atoms. The number of hydrogen-bond acceptors (Lipinski definition) is 2. The Bertz CT molecular complexity index is 606. The van der Waals surface area contributed by atoms with E-state index in [0.717, 1.165) is 11.8 Å². The van der Waals surface area contributed by atoms with Crippen LogP contribution >= 0.6 is 15.9 Å². The summed E-state index contributed by atoms with van der Waals surface area (Å²) in [6.07, 6.45) is 0.837. The zero-order valence-corrected chi connectivity index (χ0v) is 13.2. The Morgan fingerprint density at radius 2 is 1.79 bits per heavy atom. The lowest BCUT2D eigenvalue weighted by atomic mass is 9.86. The van der Waals surface area contributed by atoms with E-state index >= 15 is 0 Å². The molecule has 0 saturated heterocycles. The molecular weight excluding hydrogens is 304 g/mol. The van der Waals surface area contributed by atoms with Crippen LogP contribution in [0, 0.1) is 0 Å². The third kappa shape index (κ3) is 2.63. The Kier molecular flexibility index (Phi) is 3.63. The Balaban J connectivity index is 2.49. The van der Waals surface area contributed by atoms with Crippen molar-refractivity contribution in [1.29, 1.82) is 0 Å². The first kappa shape index (κ1) is 14.0. The molecule has 0 aliphatic rings. The van der Waals surface area contributed by atoms with Crippen molar-refractivity contribution in [1.82, 2.24) is 9.78 Å². The number of carbonyl (C=O) groups excluding carboxylic acids is 1. The molecule has 2 rings (SSSR count). The first-order chi connectivity index (χ1) is 8.84. The number of aromatic nitrogens is 2. The van der Waals surface area contributed by atoms with Gasteiger partial charge in [0.2, 0.25) is 0 Å². The molecule has 100 valence electrons. The van der Waals surface area contributed by atoms with Gasteiger partial charge in [0.05, 0.1) is 5.56 Å². The normalized spacial score (nSPS) is 11.6. The Hall–Kier alpha value is -1.42. The minimum absolute atomic E-state index is 0.122. The SMILES string of the molecule is Cn1nc(-c2ccc(C(C)(C)C)cc2)c(C=O)c1Br. The van der Waals surface area contributed by atoms with Crippen LogP contribution in [-0.2, 0) is 12.5 Å². The van der Waals surface area contributed by atoms with Gasteiger partial charge in [-0.15, -0.1) is 0 Å². The van der Waals surface area contributed by atoms with Crippen LogP contribution in [0.2, 0.25) is 0 Å². The van der Waals surface area contributed by atoms with E-state index in [1.807, 2.05) is 19.2 Å². The molecule has 4 heteroatoms. The lowest BCUT2D eigenvalue weighted by molar-refractivity contribution is 0.112. The molecule has 1 heterocycles. The third-order valence-electron chi connectivity index (χ3n) is 3.15. The number of rotatable bonds is 2. The van der Waals surface area contributed by atoms with Gasteiger partial charge in [-0.25, -0.2) is 0 Å². The van der Waals surface area contributed by atoms with Gasteiger partial charge in [-0.2, -0.15) is 5.10 Å². The molecule has 0 fully saturated rings. The zero-order valence-electron chi connectivity index (χ0n) is 11.6. The van der Waals surface area contributed by atoms with Crippen molar-refractivity contribution in [2.24, 2.45) is 7.05 Å². The largest absolute Gasteiger partial charge is 0.298 e. The molecular formula is C15H17BrN2O. The van der Waals surface area contributed by atoms with Crippen molar-refractivity contribution >= 4 is 22.2 Å². The van der Waals surface area contributed by atoms with Crippen molar-refractivity contribution in [3.05, 3.63) is 40.0 Å². The van der Waals surface area contributed by atoms with Crippen LogP contribution < -0.4 is 0 Å². The van der Waals surface area contributed by atoms with E-state index in [0.29, 0.717) is 15.9 Å². The molecule has 1 aromatic carbocycles. The van der Waals surface area contributed by atoms with Crippen LogP contribution in [0.25, 0.3) is 11.3 Å². The highest BCUT2D eigenvalue weighted by Gasteiger charge is 2.17. The van der Waals surface area contributed by atoms with Crippen LogP contribution in [0.1, 0.15) is 36.7 Å². The number of aldehydes is 1. The second-order valence-electron chi connectivity index (χ2n) is 5.62. The monoisotopic (exact) mass is 320 g/mol. The van der Waals surface area contributed by atoms with Gasteiger partial charge in [-0.05, 0) is 26.9 Å². The fourth-order valence-corrected chi connectivity index (χ4v) is 2.33. The summed E-state index contributed by atoms with van der Waals surface area (Å²) in [5.41, 5.74) is 3.64. The van der Waals surface area contributed by atoms with E-state index in [1.165, 1.54) is 5.56 Å². The molecule has 0 aliphatic heterocycles. The predicted octanol–water partition coefficient (Wildman–Crippen LogP) is 3.96. The second-order valence-corrected chi connectivity index (χ2v) is 6.37. The van der Waals surface area contributed by atoms with E-state index in [-0.39, 0.29) is 5.41 Å². The average Bonchev–Trinajstić information content (AvgIpc) is 2.64. The van der Waals surface area contributed by atoms with Gasteiger partial charge in [0.25, 0.3) is 0 Å². The summed E-state index contributed by atoms with van der Waals surface area (Å²) in [6, 6.07) is 8.21. The highest BCUT2D eigenvalue weighted by molar-refractivity contribution is 9.10. The first-order valence-electron chi connectivity index (χ1n) is 6.13. The van der Waals surface area contributed by atoms with Crippen molar-refractivity contribution in [2.45, 2.75) is 26.2 Å². The number of benzene rings is 1. The van der Waals surface area contributed by atoms with Crippen LogP contribution in [-0.4, -0.2) is 16.1 Å². The molecule has 0 radical (unpaired) electrons. The summed E-state index contributed by atoms with van der Waals surface area (Å²) in [4.78, 5) is 11.2. The molecule has 2 aromatic rings. The fraction of sp³-hybridized carbons (Fsp3) is 0.333. The maximum Gasteiger partial charge on any atom is 0.155 e. The van der Waals surface area contributed by atoms with Gasteiger partial charge in [0.15, 0.2) is 6.29 Å². The van der Waals surface area contributed by atoms with Gasteiger partial charge in [-0.1, -0.05) is 45.0 Å². The summed E-state index contributed by atoms with van der Waals surface area (Å²) >= 11 is 3.37. The maximum atomic E-state index is 11.2. The molecule has 0 bridgehead atoms. The molecule has 19 heavy (non-hydrogen) atoms. The van der Waals surface area contributed by atoms with Gasteiger partial charge >= 0.3 is 0 Å². The van der Waals surface area contributed by atoms with Crippen molar-refractivity contribution in [3.63, 3.8) is 0 Å². The second kappa shape index (κ2) is 4.93. The Morgan fingerprint density at radius 3 is 2.26 bits per heavy atom. The van der Waals surface area contributed by atoms with E-state index < -0.39 is 0 Å². The molecule has 0 aliphatic carbocycles. The van der Waals surface area contributed by atoms with Crippen molar-refractivity contribution < 1.29 is 4.79 Å². The number of hydrogen-bond donors (Lipinski definition) is 0. The van der Waals surface area contributed by atoms with Crippen LogP contribution in [0.4, 0.5) is 0 Å². The minimum Gasteiger partial charge on any atom is -0.298 e. The van der Waals surface area contributed by atoms with Crippen molar-refractivity contribution in [3.8, 4) is 11.3 Å². The van der Waals surface area contributed by atoms with E-state index in [1.54, 1.807) is 4.68 Å². The number of carbonyl (C=O) groups is 1. The molecule has 0 unspecified atom stereocenters. The first-order valence-corrected chi connectivity index (χ1v) is 6.92. The number of nitrogens with zero attached hydrogens (tertiary/aromatic N) is 2. The topological polar surface area (TPSA) is 34.9 Å². The van der Waals surface area contributed by atoms with Crippen LogP contribution in [0.5, 0.6) is 0 Å². The molecule has 1 aromatic heterocycles. The lowest BCUT2D eigenvalue weighted by Gasteiger charge is -2.18. The number of aryl methyl sites for hydroxylation is 1. The summed E-state index contributed by atoms with van der Waals surface area (Å²) in [5, 5.41) is 4.38. The van der Waals surface area contributed by atoms with E-state index in [4.69, 9.17) is 0 Å². The van der Waals surface area contributed by atoms with Crippen LogP contribution in [0.15, 0.2) is 28.9 Å². The predicted molar refractivity (Wildman–Crippen MR) is 80.4 cm³/mol. The van der Waals surface area contributed by atoms with Gasteiger partial charge in [0.1, 0.15) is 10.3 Å². The highest BCUT2D eigenvalue weighted by atomic mass is 79.9. The highest BCUT2D eigenvalue weighted by Crippen LogP contribution is 2.29. The zero-order chi connectivity index (χ0) is 14.2. The standard InChI is InChI=1S/C15H17BrN2O/c1-15(2,3)11-7-5-10(6-8-11)13-12(9-19)14(16)18(4)17-13/h5-9H,1-4H3. The summed E-state index contributed by atoms with van der Waals surface area (Å²) < 4.78 is 2.37. The van der Waals surface area contributed by atoms with Gasteiger partial charge in [0, 0.05) is 12.6 Å². The van der Waals surface area contributed by atoms with Gasteiger partial charge in [-0.3, -0.25) is 9.48 Å². The van der Waals surface area contributed by atoms with Crippen LogP contribution in [0.3, 0.4) is 0 Å². The molecule has 0 N–H and O–H groups in total. The van der Waals surface area contributed by atoms with Gasteiger partial charge < -0.3 is 0 Å². The lowest BCUT2D eigenvalue weighted by Crippen LogP contribution is -2.10. The number of halogens is 1. The smallest absolute Gasteiger partial charge is 0.155 e. The Morgan fingerprint density at radius 1 is 1.21 bits per heavy atom. The van der Waals surface area contributed by atoms with E-state index in [2.05, 4.69) is 53.9 Å². The summed E-state index contributed by atoms with van der Waals surface area (Å²) in [6.45, 7) is 6.53. The summed E-state index contributed by atoms with van der Waals surface area (Å²) in [7, 11) is 1.81. The molecule has 0 amide bonds.